The van der Waals surface area contributed by atoms with E-state index in [1.165, 1.54) is 30.3 Å². The van der Waals surface area contributed by atoms with Gasteiger partial charge in [-0.05, 0) is 48.9 Å². The third-order valence-corrected chi connectivity index (χ3v) is 5.58. The van der Waals surface area contributed by atoms with Gasteiger partial charge in [-0.1, -0.05) is 15.4 Å². The molecule has 10 heteroatoms. The highest BCUT2D eigenvalue weighted by Crippen LogP contribution is 2.22. The molecule has 0 radical (unpaired) electrons. The molecule has 2 heterocycles. The topological polar surface area (TPSA) is 133 Å². The highest BCUT2D eigenvalue weighted by Gasteiger charge is 2.22. The third kappa shape index (κ3) is 4.50. The van der Waals surface area contributed by atoms with Gasteiger partial charge in [-0.3, -0.25) is 14.8 Å². The van der Waals surface area contributed by atoms with Crippen molar-refractivity contribution in [1.82, 2.24) is 15.1 Å². The van der Waals surface area contributed by atoms with Gasteiger partial charge < -0.3 is 14.4 Å². The molecule has 9 nitrogen and oxygen atoms in total. The maximum atomic E-state index is 12.4. The number of amides is 1. The second kappa shape index (κ2) is 8.01. The zero-order valence-electron chi connectivity index (χ0n) is 15.9. The van der Waals surface area contributed by atoms with Gasteiger partial charge in [0.1, 0.15) is 5.76 Å². The Morgan fingerprint density at radius 3 is 2.50 bits per heavy atom. The molecule has 0 spiro atoms. The summed E-state index contributed by atoms with van der Waals surface area (Å²) in [6, 6.07) is 12.8. The van der Waals surface area contributed by atoms with E-state index in [1.807, 2.05) is 18.2 Å². The average molecular weight is 423 g/mol. The van der Waals surface area contributed by atoms with Crippen LogP contribution in [0.3, 0.4) is 0 Å². The van der Waals surface area contributed by atoms with E-state index in [-0.39, 0.29) is 23.0 Å². The SMILES string of the molecule is Cc1cc(N[S+](=O)([O-])c2ccc(NC(=O)Cc3ccc4nccnc4c3)cc2)no1. The summed E-state index contributed by atoms with van der Waals surface area (Å²) in [6.07, 6.45) is 3.36. The predicted octanol–water partition coefficient (Wildman–Crippen LogP) is 3.12. The van der Waals surface area contributed by atoms with Crippen LogP contribution in [0.1, 0.15) is 11.3 Å². The molecule has 0 fully saturated rings. The van der Waals surface area contributed by atoms with Crippen LogP contribution in [0.25, 0.3) is 11.0 Å². The van der Waals surface area contributed by atoms with Crippen molar-refractivity contribution in [3.05, 3.63) is 72.2 Å². The number of hydrogen-bond donors (Lipinski definition) is 2. The molecule has 0 aliphatic carbocycles. The fraction of sp³-hybridized carbons (Fsp3) is 0.100. The number of fused-ring (bicyclic) bond motifs is 1. The Balaban J connectivity index is 1.40. The van der Waals surface area contributed by atoms with Crippen LogP contribution >= 0.6 is 0 Å². The number of carbonyl (C=O) groups excluding carboxylic acids is 1. The summed E-state index contributed by atoms with van der Waals surface area (Å²) in [5, 5.41) is 6.36. The summed E-state index contributed by atoms with van der Waals surface area (Å²) in [6.45, 7) is 1.66. The molecule has 2 N–H and O–H groups in total. The standard InChI is InChI=1S/C20H17N5O4S/c1-13-10-19(24-29-13)25-30(27,28)16-5-3-15(4-6-16)23-20(26)12-14-2-7-17-18(11-14)22-9-8-21-17/h2-11H,12H2,1H3,(H2-,23,24,25,26,27,28). The minimum atomic E-state index is -3.81. The van der Waals surface area contributed by atoms with Crippen LogP contribution in [0, 0.1) is 6.92 Å². The number of hydrogen-bond acceptors (Lipinski definition) is 7. The maximum Gasteiger partial charge on any atom is 0.228 e. The third-order valence-electron chi connectivity index (χ3n) is 4.21. The molecule has 1 atom stereocenters. The molecule has 0 aliphatic heterocycles. The molecule has 0 aliphatic rings. The molecule has 4 rings (SSSR count). The molecule has 2 aromatic carbocycles. The Hall–Kier alpha value is -3.63. The van der Waals surface area contributed by atoms with Crippen LogP contribution in [0.15, 0.2) is 70.3 Å². The van der Waals surface area contributed by atoms with Crippen LogP contribution in [0.5, 0.6) is 0 Å². The molecule has 0 bridgehead atoms. The molecule has 0 saturated heterocycles. The predicted molar refractivity (Wildman–Crippen MR) is 110 cm³/mol. The van der Waals surface area contributed by atoms with Crippen LogP contribution in [0.4, 0.5) is 11.5 Å². The summed E-state index contributed by atoms with van der Waals surface area (Å²) in [5.74, 6) is 0.360. The van der Waals surface area contributed by atoms with Gasteiger partial charge in [0.15, 0.2) is 15.3 Å². The van der Waals surface area contributed by atoms with Gasteiger partial charge in [0.05, 0.1) is 17.5 Å². The van der Waals surface area contributed by atoms with Gasteiger partial charge in [-0.25, -0.2) is 0 Å². The Bertz CT molecular complexity index is 1260. The zero-order valence-corrected chi connectivity index (χ0v) is 16.7. The number of aryl methyl sites for hydroxylation is 1. The number of nitrogens with zero attached hydrogens (tertiary/aromatic N) is 3. The first-order chi connectivity index (χ1) is 14.4. The van der Waals surface area contributed by atoms with Crippen molar-refractivity contribution < 1.29 is 18.1 Å². The Morgan fingerprint density at radius 1 is 1.07 bits per heavy atom. The lowest BCUT2D eigenvalue weighted by Crippen LogP contribution is -2.21. The van der Waals surface area contributed by atoms with Gasteiger partial charge in [0.2, 0.25) is 11.7 Å². The molecule has 1 unspecified atom stereocenters. The quantitative estimate of drug-likeness (QED) is 0.455. The van der Waals surface area contributed by atoms with Crippen LogP contribution in [0.2, 0.25) is 0 Å². The summed E-state index contributed by atoms with van der Waals surface area (Å²) in [5.41, 5.74) is 2.75. The van der Waals surface area contributed by atoms with E-state index in [2.05, 4.69) is 25.2 Å². The van der Waals surface area contributed by atoms with Crippen molar-refractivity contribution in [3.8, 4) is 0 Å². The van der Waals surface area contributed by atoms with Crippen molar-refractivity contribution in [2.75, 3.05) is 10.0 Å². The number of benzene rings is 2. The average Bonchev–Trinajstić information content (AvgIpc) is 3.12. The molecular formula is C20H17N5O4S. The Morgan fingerprint density at radius 2 is 1.80 bits per heavy atom. The van der Waals surface area contributed by atoms with Crippen molar-refractivity contribution in [1.29, 1.82) is 0 Å². The van der Waals surface area contributed by atoms with E-state index >= 15 is 0 Å². The zero-order chi connectivity index (χ0) is 21.1. The normalized spacial score (nSPS) is 13.0. The molecule has 1 amide bonds. The van der Waals surface area contributed by atoms with E-state index in [0.717, 1.165) is 11.1 Å². The largest absolute Gasteiger partial charge is 0.588 e. The van der Waals surface area contributed by atoms with Crippen molar-refractivity contribution in [2.45, 2.75) is 18.2 Å². The van der Waals surface area contributed by atoms with Crippen LogP contribution in [-0.2, 0) is 25.8 Å². The number of rotatable bonds is 6. The minimum Gasteiger partial charge on any atom is -0.588 e. The van der Waals surface area contributed by atoms with Crippen LogP contribution < -0.4 is 10.0 Å². The second-order valence-electron chi connectivity index (χ2n) is 6.56. The van der Waals surface area contributed by atoms with E-state index in [4.69, 9.17) is 4.52 Å². The first-order valence-corrected chi connectivity index (χ1v) is 10.4. The number of sulfonamides is 1. The molecule has 30 heavy (non-hydrogen) atoms. The Kier molecular flexibility index (Phi) is 5.25. The van der Waals surface area contributed by atoms with Gasteiger partial charge in [0, 0.05) is 24.1 Å². The highest BCUT2D eigenvalue weighted by molar-refractivity contribution is 7.98. The fourth-order valence-corrected chi connectivity index (χ4v) is 3.82. The lowest BCUT2D eigenvalue weighted by atomic mass is 10.1. The van der Waals surface area contributed by atoms with Crippen molar-refractivity contribution in [3.63, 3.8) is 0 Å². The van der Waals surface area contributed by atoms with Gasteiger partial charge in [0.25, 0.3) is 0 Å². The van der Waals surface area contributed by atoms with E-state index in [9.17, 15) is 13.6 Å². The summed E-state index contributed by atoms with van der Waals surface area (Å²) < 4.78 is 32.0. The van der Waals surface area contributed by atoms with E-state index < -0.39 is 10.4 Å². The number of anilines is 2. The fourth-order valence-electron chi connectivity index (χ4n) is 2.84. The monoisotopic (exact) mass is 423 g/mol. The number of nitrogens with one attached hydrogen (secondary N) is 2. The van der Waals surface area contributed by atoms with Crippen molar-refractivity contribution >= 4 is 38.8 Å². The Labute approximate surface area is 172 Å². The smallest absolute Gasteiger partial charge is 0.228 e. The molecular weight excluding hydrogens is 406 g/mol. The maximum absolute atomic E-state index is 12.4. The molecule has 0 saturated carbocycles. The first-order valence-electron chi connectivity index (χ1n) is 8.95. The second-order valence-corrected chi connectivity index (χ2v) is 8.24. The van der Waals surface area contributed by atoms with Gasteiger partial charge in [-0.2, -0.15) is 4.72 Å². The molecule has 4 aromatic rings. The number of carbonyl (C=O) groups is 1. The van der Waals surface area contributed by atoms with E-state index in [0.29, 0.717) is 17.0 Å². The first kappa shape index (κ1) is 19.7. The van der Waals surface area contributed by atoms with Gasteiger partial charge >= 0.3 is 0 Å². The summed E-state index contributed by atoms with van der Waals surface area (Å²) >= 11 is 0. The van der Waals surface area contributed by atoms with Crippen molar-refractivity contribution in [2.24, 2.45) is 0 Å². The minimum absolute atomic E-state index is 0.0363. The summed E-state index contributed by atoms with van der Waals surface area (Å²) in [4.78, 5) is 20.8. The molecule has 152 valence electrons. The number of aromatic nitrogens is 3. The molecule has 2 aromatic heterocycles. The van der Waals surface area contributed by atoms with Crippen LogP contribution in [-0.4, -0.2) is 25.6 Å². The van der Waals surface area contributed by atoms with Gasteiger partial charge in [-0.15, -0.1) is 0 Å². The van der Waals surface area contributed by atoms with E-state index in [1.54, 1.807) is 19.3 Å². The highest BCUT2D eigenvalue weighted by atomic mass is 32.3. The summed E-state index contributed by atoms with van der Waals surface area (Å²) in [7, 11) is -3.81. The lowest BCUT2D eigenvalue weighted by molar-refractivity contribution is -0.115. The lowest BCUT2D eigenvalue weighted by Gasteiger charge is -2.14.